The van der Waals surface area contributed by atoms with Crippen LogP contribution in [0.15, 0.2) is 24.4 Å². The maximum Gasteiger partial charge on any atom is 0.0670 e. The minimum Gasteiger partial charge on any atom is -0.326 e. The van der Waals surface area contributed by atoms with Gasteiger partial charge in [-0.1, -0.05) is 13.0 Å². The number of pyridine rings is 1. The van der Waals surface area contributed by atoms with E-state index in [0.717, 1.165) is 11.6 Å². The first-order chi connectivity index (χ1) is 9.09. The van der Waals surface area contributed by atoms with Crippen LogP contribution in [-0.2, 0) is 0 Å². The maximum absolute atomic E-state index is 6.22. The molecule has 0 bridgehead atoms. The Labute approximate surface area is 117 Å². The fraction of sp³-hybridized carbons (Fsp3) is 0.688. The lowest BCUT2D eigenvalue weighted by molar-refractivity contribution is 0.109. The molecule has 1 aliphatic rings. The summed E-state index contributed by atoms with van der Waals surface area (Å²) in [4.78, 5) is 6.97. The first-order valence-corrected chi connectivity index (χ1v) is 7.48. The van der Waals surface area contributed by atoms with Gasteiger partial charge in [0.15, 0.2) is 0 Å². The molecule has 0 radical (unpaired) electrons. The van der Waals surface area contributed by atoms with Crippen LogP contribution in [0.1, 0.15) is 51.3 Å². The van der Waals surface area contributed by atoms with Gasteiger partial charge in [0.1, 0.15) is 0 Å². The Morgan fingerprint density at radius 3 is 2.47 bits per heavy atom. The smallest absolute Gasteiger partial charge is 0.0670 e. The van der Waals surface area contributed by atoms with E-state index in [1.807, 2.05) is 12.3 Å². The van der Waals surface area contributed by atoms with E-state index in [-0.39, 0.29) is 12.1 Å². The number of nitrogens with two attached hydrogens (primary N) is 1. The van der Waals surface area contributed by atoms with E-state index in [1.54, 1.807) is 0 Å². The first-order valence-electron chi connectivity index (χ1n) is 7.48. The molecule has 2 unspecified atom stereocenters. The van der Waals surface area contributed by atoms with Crippen molar-refractivity contribution in [1.29, 1.82) is 0 Å². The quantitative estimate of drug-likeness (QED) is 0.906. The van der Waals surface area contributed by atoms with Crippen LogP contribution >= 0.6 is 0 Å². The van der Waals surface area contributed by atoms with E-state index < -0.39 is 0 Å². The second kappa shape index (κ2) is 6.49. The molecular formula is C16H27N3. The molecule has 1 heterocycles. The summed E-state index contributed by atoms with van der Waals surface area (Å²) in [5, 5.41) is 0. The molecule has 0 spiro atoms. The Morgan fingerprint density at radius 1 is 1.26 bits per heavy atom. The van der Waals surface area contributed by atoms with E-state index in [1.165, 1.54) is 25.7 Å². The Bertz CT molecular complexity index is 369. The van der Waals surface area contributed by atoms with E-state index in [9.17, 15) is 0 Å². The Kier molecular flexibility index (Phi) is 4.94. The zero-order chi connectivity index (χ0) is 13.8. The van der Waals surface area contributed by atoms with Crippen LogP contribution < -0.4 is 5.73 Å². The van der Waals surface area contributed by atoms with Crippen molar-refractivity contribution in [2.24, 2.45) is 11.7 Å². The van der Waals surface area contributed by atoms with Crippen molar-refractivity contribution in [3.8, 4) is 0 Å². The Morgan fingerprint density at radius 2 is 1.95 bits per heavy atom. The van der Waals surface area contributed by atoms with Crippen LogP contribution in [0.25, 0.3) is 0 Å². The second-order valence-corrected chi connectivity index (χ2v) is 6.14. The van der Waals surface area contributed by atoms with Crippen molar-refractivity contribution in [3.63, 3.8) is 0 Å². The summed E-state index contributed by atoms with van der Waals surface area (Å²) in [6, 6.07) is 7.07. The molecule has 1 aromatic rings. The molecule has 1 aliphatic carbocycles. The number of aromatic nitrogens is 1. The fourth-order valence-electron chi connectivity index (χ4n) is 3.28. The van der Waals surface area contributed by atoms with Gasteiger partial charge >= 0.3 is 0 Å². The molecule has 2 atom stereocenters. The molecule has 0 saturated heterocycles. The molecule has 0 aliphatic heterocycles. The highest BCUT2D eigenvalue weighted by Gasteiger charge is 2.30. The molecule has 1 aromatic heterocycles. The number of hydrogen-bond donors (Lipinski definition) is 1. The van der Waals surface area contributed by atoms with Gasteiger partial charge in [0.05, 0.1) is 11.7 Å². The summed E-state index contributed by atoms with van der Waals surface area (Å²) in [5.41, 5.74) is 7.32. The van der Waals surface area contributed by atoms with Gasteiger partial charge in [-0.15, -0.1) is 0 Å². The van der Waals surface area contributed by atoms with E-state index in [4.69, 9.17) is 5.73 Å². The Hall–Kier alpha value is -0.930. The molecule has 3 heteroatoms. The summed E-state index contributed by atoms with van der Waals surface area (Å²) in [5.74, 6) is 0.883. The molecule has 1 fully saturated rings. The first kappa shape index (κ1) is 14.5. The highest BCUT2D eigenvalue weighted by Crippen LogP contribution is 2.31. The summed E-state index contributed by atoms with van der Waals surface area (Å²) in [6.45, 7) is 4.44. The number of nitrogens with zero attached hydrogens (tertiary/aromatic N) is 2. The molecule has 19 heavy (non-hydrogen) atoms. The third-order valence-electron chi connectivity index (χ3n) is 4.49. The topological polar surface area (TPSA) is 42.2 Å². The van der Waals surface area contributed by atoms with E-state index in [2.05, 4.69) is 42.9 Å². The minimum atomic E-state index is 0.0965. The molecule has 2 rings (SSSR count). The summed E-state index contributed by atoms with van der Waals surface area (Å²) in [7, 11) is 2.21. The monoisotopic (exact) mass is 261 g/mol. The van der Waals surface area contributed by atoms with Gasteiger partial charge in [0.25, 0.3) is 0 Å². The van der Waals surface area contributed by atoms with Crippen molar-refractivity contribution < 1.29 is 0 Å². The lowest BCUT2D eigenvalue weighted by atomic mass is 9.85. The van der Waals surface area contributed by atoms with Gasteiger partial charge in [-0.05, 0) is 57.7 Å². The van der Waals surface area contributed by atoms with Crippen molar-refractivity contribution in [3.05, 3.63) is 30.1 Å². The van der Waals surface area contributed by atoms with Gasteiger partial charge in [0.2, 0.25) is 0 Å². The standard InChI is InChI=1S/C16H27N3/c1-12-7-9-14(10-8-12)19(3)16(13(2)17)15-6-4-5-11-18-15/h4-6,11-14,16H,7-10,17H2,1-3H3. The van der Waals surface area contributed by atoms with Crippen LogP contribution in [0, 0.1) is 5.92 Å². The third-order valence-corrected chi connectivity index (χ3v) is 4.49. The predicted molar refractivity (Wildman–Crippen MR) is 79.8 cm³/mol. The van der Waals surface area contributed by atoms with Gasteiger partial charge < -0.3 is 5.73 Å². The largest absolute Gasteiger partial charge is 0.326 e. The van der Waals surface area contributed by atoms with Gasteiger partial charge in [-0.25, -0.2) is 0 Å². The molecule has 0 amide bonds. The average molecular weight is 261 g/mol. The van der Waals surface area contributed by atoms with E-state index >= 15 is 0 Å². The molecule has 106 valence electrons. The highest BCUT2D eigenvalue weighted by molar-refractivity contribution is 5.11. The Balaban J connectivity index is 2.11. The lowest BCUT2D eigenvalue weighted by Gasteiger charge is -2.39. The molecule has 1 saturated carbocycles. The second-order valence-electron chi connectivity index (χ2n) is 6.14. The normalized spacial score (nSPS) is 27.2. The van der Waals surface area contributed by atoms with Crippen molar-refractivity contribution in [2.75, 3.05) is 7.05 Å². The zero-order valence-corrected chi connectivity index (χ0v) is 12.4. The van der Waals surface area contributed by atoms with Crippen LogP contribution in [0.3, 0.4) is 0 Å². The minimum absolute atomic E-state index is 0.0965. The van der Waals surface area contributed by atoms with E-state index in [0.29, 0.717) is 6.04 Å². The van der Waals surface area contributed by atoms with Crippen LogP contribution in [0.4, 0.5) is 0 Å². The molecule has 0 aromatic carbocycles. The molecule has 3 nitrogen and oxygen atoms in total. The lowest BCUT2D eigenvalue weighted by Crippen LogP contribution is -2.44. The van der Waals surface area contributed by atoms with Crippen LogP contribution in [0.5, 0.6) is 0 Å². The fourth-order valence-corrected chi connectivity index (χ4v) is 3.28. The number of rotatable bonds is 4. The van der Waals surface area contributed by atoms with Crippen molar-refractivity contribution in [1.82, 2.24) is 9.88 Å². The van der Waals surface area contributed by atoms with Crippen LogP contribution in [0.2, 0.25) is 0 Å². The summed E-state index contributed by atoms with van der Waals surface area (Å²) < 4.78 is 0. The predicted octanol–water partition coefficient (Wildman–Crippen LogP) is 2.98. The number of likely N-dealkylation sites (N-methyl/N-ethyl adjacent to an activating group) is 1. The average Bonchev–Trinajstić information content (AvgIpc) is 2.40. The highest BCUT2D eigenvalue weighted by atomic mass is 15.2. The summed E-state index contributed by atoms with van der Waals surface area (Å²) >= 11 is 0. The summed E-state index contributed by atoms with van der Waals surface area (Å²) in [6.07, 6.45) is 7.11. The van der Waals surface area contributed by atoms with Gasteiger partial charge in [-0.2, -0.15) is 0 Å². The van der Waals surface area contributed by atoms with Crippen molar-refractivity contribution >= 4 is 0 Å². The number of hydrogen-bond acceptors (Lipinski definition) is 3. The third kappa shape index (κ3) is 3.54. The SMILES string of the molecule is CC1CCC(N(C)C(c2ccccn2)C(C)N)CC1. The van der Waals surface area contributed by atoms with Crippen LogP contribution in [-0.4, -0.2) is 29.0 Å². The van der Waals surface area contributed by atoms with Crippen molar-refractivity contribution in [2.45, 2.75) is 57.7 Å². The zero-order valence-electron chi connectivity index (χ0n) is 12.4. The van der Waals surface area contributed by atoms with Gasteiger partial charge in [-0.3, -0.25) is 9.88 Å². The van der Waals surface area contributed by atoms with Gasteiger partial charge in [0, 0.05) is 18.3 Å². The maximum atomic E-state index is 6.22. The molecule has 2 N–H and O–H groups in total. The molecular weight excluding hydrogens is 234 g/mol.